The lowest BCUT2D eigenvalue weighted by Gasteiger charge is -2.08. The zero-order chi connectivity index (χ0) is 25.1. The van der Waals surface area contributed by atoms with Crippen molar-refractivity contribution in [2.24, 2.45) is 4.99 Å². The maximum atomic E-state index is 11.6. The van der Waals surface area contributed by atoms with E-state index in [1.807, 2.05) is 69.3 Å². The number of carbonyl (C=O) groups is 1. The summed E-state index contributed by atoms with van der Waals surface area (Å²) in [6.45, 7) is 9.58. The van der Waals surface area contributed by atoms with Gasteiger partial charge in [-0.25, -0.2) is 0 Å². The highest BCUT2D eigenvalue weighted by atomic mass is 16.1. The van der Waals surface area contributed by atoms with Crippen molar-refractivity contribution in [3.8, 4) is 0 Å². The molecule has 2 aromatic rings. The fraction of sp³-hybridized carbons (Fsp3) is 0.241. The molecule has 0 unspecified atom stereocenters. The molecule has 0 radical (unpaired) electrons. The highest BCUT2D eigenvalue weighted by Gasteiger charge is 2.05. The van der Waals surface area contributed by atoms with Gasteiger partial charge in [0.2, 0.25) is 0 Å². The summed E-state index contributed by atoms with van der Waals surface area (Å²) < 4.78 is 0. The van der Waals surface area contributed by atoms with Gasteiger partial charge in [0.05, 0.1) is 11.4 Å². The molecule has 0 saturated carbocycles. The predicted molar refractivity (Wildman–Crippen MR) is 146 cm³/mol. The Bertz CT molecular complexity index is 1170. The number of hydrogen-bond acceptors (Lipinski definition) is 5. The quantitative estimate of drug-likeness (QED) is 0.247. The first kappa shape index (κ1) is 26.4. The van der Waals surface area contributed by atoms with Gasteiger partial charge in [-0.1, -0.05) is 43.7 Å². The third-order valence-electron chi connectivity index (χ3n) is 5.34. The van der Waals surface area contributed by atoms with Crippen LogP contribution in [0.5, 0.6) is 0 Å². The molecule has 2 aromatic carbocycles. The lowest BCUT2D eigenvalue weighted by Crippen LogP contribution is -2.00. The number of Topliss-reactive ketones (excluding diaryl/α,β-unsaturated/α-hetero) is 1. The third kappa shape index (κ3) is 7.93. The summed E-state index contributed by atoms with van der Waals surface area (Å²) in [5.41, 5.74) is 7.58. The van der Waals surface area contributed by atoms with Crippen molar-refractivity contribution in [2.75, 3.05) is 5.32 Å². The second-order valence-corrected chi connectivity index (χ2v) is 8.22. The standard InChI is InChI=1S/C29H34N4O/c1-6-7-8-29(26-10-9-25(21(3)18-26)17-20(2)23(5)34)32-16-15-22(4)33-27-13-11-24(12-14-27)28(31)19-30/h8-19,30-31,33H,6-7H2,1-5H3/b20-17+,22-15+,29-8+,30-19?,31-28?,32-16+. The average molecular weight is 455 g/mol. The van der Waals surface area contributed by atoms with Crippen molar-refractivity contribution >= 4 is 41.4 Å². The van der Waals surface area contributed by atoms with Crippen LogP contribution < -0.4 is 5.32 Å². The van der Waals surface area contributed by atoms with Gasteiger partial charge in [-0.2, -0.15) is 0 Å². The summed E-state index contributed by atoms with van der Waals surface area (Å²) in [6.07, 6.45) is 10.8. The summed E-state index contributed by atoms with van der Waals surface area (Å²) in [4.78, 5) is 16.3. The maximum absolute atomic E-state index is 11.6. The Morgan fingerprint density at radius 3 is 2.32 bits per heavy atom. The molecule has 0 aliphatic carbocycles. The van der Waals surface area contributed by atoms with E-state index >= 15 is 0 Å². The molecular formula is C29H34N4O. The Kier molecular flexibility index (Phi) is 10.1. The first-order chi connectivity index (χ1) is 16.2. The number of allylic oxidation sites excluding steroid dienone is 4. The summed E-state index contributed by atoms with van der Waals surface area (Å²) in [5, 5.41) is 18.2. The van der Waals surface area contributed by atoms with E-state index in [4.69, 9.17) is 15.8 Å². The van der Waals surface area contributed by atoms with E-state index < -0.39 is 0 Å². The lowest BCUT2D eigenvalue weighted by atomic mass is 10.0. The minimum absolute atomic E-state index is 0.0779. The molecule has 5 heteroatoms. The van der Waals surface area contributed by atoms with E-state index in [1.165, 1.54) is 0 Å². The highest BCUT2D eigenvalue weighted by Crippen LogP contribution is 2.22. The van der Waals surface area contributed by atoms with Crippen LogP contribution in [0.15, 0.2) is 70.9 Å². The molecule has 0 amide bonds. The van der Waals surface area contributed by atoms with Crippen LogP contribution in [-0.4, -0.2) is 23.9 Å². The van der Waals surface area contributed by atoms with Crippen LogP contribution in [0.1, 0.15) is 62.8 Å². The first-order valence-electron chi connectivity index (χ1n) is 11.4. The van der Waals surface area contributed by atoms with Crippen LogP contribution >= 0.6 is 0 Å². The van der Waals surface area contributed by atoms with E-state index in [0.717, 1.165) is 58.4 Å². The Morgan fingerprint density at radius 2 is 1.74 bits per heavy atom. The van der Waals surface area contributed by atoms with E-state index in [1.54, 1.807) is 13.1 Å². The molecule has 34 heavy (non-hydrogen) atoms. The number of hydrogen-bond donors (Lipinski definition) is 3. The normalized spacial score (nSPS) is 12.7. The first-order valence-corrected chi connectivity index (χ1v) is 11.4. The Labute approximate surface area is 203 Å². The highest BCUT2D eigenvalue weighted by molar-refractivity contribution is 6.35. The Hall–Kier alpha value is -3.86. The summed E-state index contributed by atoms with van der Waals surface area (Å²) in [7, 11) is 0. The van der Waals surface area contributed by atoms with Crippen LogP contribution in [-0.2, 0) is 4.79 Å². The Morgan fingerprint density at radius 1 is 1.06 bits per heavy atom. The predicted octanol–water partition coefficient (Wildman–Crippen LogP) is 7.23. The van der Waals surface area contributed by atoms with E-state index in [0.29, 0.717) is 5.56 Å². The van der Waals surface area contributed by atoms with Gasteiger partial charge >= 0.3 is 0 Å². The number of benzene rings is 2. The third-order valence-corrected chi connectivity index (χ3v) is 5.34. The minimum Gasteiger partial charge on any atom is -0.359 e. The van der Waals surface area contributed by atoms with Crippen molar-refractivity contribution in [3.05, 3.63) is 88.1 Å². The largest absolute Gasteiger partial charge is 0.359 e. The van der Waals surface area contributed by atoms with Gasteiger partial charge in [-0.05, 0) is 81.2 Å². The fourth-order valence-corrected chi connectivity index (χ4v) is 3.17. The molecular weight excluding hydrogens is 420 g/mol. The topological polar surface area (TPSA) is 89.2 Å². The van der Waals surface area contributed by atoms with Gasteiger partial charge in [-0.3, -0.25) is 15.2 Å². The second kappa shape index (κ2) is 13.0. The number of nitrogens with one attached hydrogen (secondary N) is 3. The molecule has 0 fully saturated rings. The molecule has 0 aliphatic rings. The van der Waals surface area contributed by atoms with Crippen molar-refractivity contribution in [1.82, 2.24) is 0 Å². The number of rotatable bonds is 11. The van der Waals surface area contributed by atoms with Crippen LogP contribution in [0.2, 0.25) is 0 Å². The van der Waals surface area contributed by atoms with Crippen molar-refractivity contribution in [3.63, 3.8) is 0 Å². The molecule has 5 nitrogen and oxygen atoms in total. The lowest BCUT2D eigenvalue weighted by molar-refractivity contribution is -0.113. The van der Waals surface area contributed by atoms with Gasteiger partial charge in [0.1, 0.15) is 0 Å². The number of carbonyl (C=O) groups excluding carboxylic acids is 1. The van der Waals surface area contributed by atoms with E-state index in [9.17, 15) is 4.79 Å². The van der Waals surface area contributed by atoms with Gasteiger partial charge in [0, 0.05) is 34.9 Å². The SMILES string of the molecule is CCC/C=C(/N=C/C=C(\C)Nc1ccc(C(=N)C=N)cc1)c1ccc(/C=C(\C)C(C)=O)c(C)c1. The van der Waals surface area contributed by atoms with Gasteiger partial charge in [-0.15, -0.1) is 0 Å². The number of anilines is 1. The van der Waals surface area contributed by atoms with Crippen LogP contribution in [0, 0.1) is 17.7 Å². The number of ketones is 1. The number of aryl methyl sites for hydroxylation is 1. The molecule has 176 valence electrons. The minimum atomic E-state index is 0.0779. The zero-order valence-electron chi connectivity index (χ0n) is 20.7. The molecule has 0 aliphatic heterocycles. The second-order valence-electron chi connectivity index (χ2n) is 8.22. The summed E-state index contributed by atoms with van der Waals surface area (Å²) in [6, 6.07) is 13.6. The van der Waals surface area contributed by atoms with E-state index in [-0.39, 0.29) is 11.5 Å². The number of nitrogens with zero attached hydrogens (tertiary/aromatic N) is 1. The molecule has 2 rings (SSSR count). The van der Waals surface area contributed by atoms with Crippen LogP contribution in [0.3, 0.4) is 0 Å². The zero-order valence-corrected chi connectivity index (χ0v) is 20.7. The van der Waals surface area contributed by atoms with E-state index in [2.05, 4.69) is 24.4 Å². The maximum Gasteiger partial charge on any atom is 0.155 e. The van der Waals surface area contributed by atoms with Crippen molar-refractivity contribution < 1.29 is 4.79 Å². The van der Waals surface area contributed by atoms with Crippen LogP contribution in [0.4, 0.5) is 5.69 Å². The Balaban J connectivity index is 2.19. The van der Waals surface area contributed by atoms with Gasteiger partial charge in [0.15, 0.2) is 5.78 Å². The average Bonchev–Trinajstić information content (AvgIpc) is 2.82. The molecule has 0 saturated heterocycles. The smallest absolute Gasteiger partial charge is 0.155 e. The molecule has 0 heterocycles. The summed E-state index contributed by atoms with van der Waals surface area (Å²) in [5.74, 6) is 0.0779. The van der Waals surface area contributed by atoms with Gasteiger partial charge in [0.25, 0.3) is 0 Å². The summed E-state index contributed by atoms with van der Waals surface area (Å²) >= 11 is 0. The molecule has 0 aromatic heterocycles. The number of aliphatic imine (C=N–C) groups is 1. The van der Waals surface area contributed by atoms with Gasteiger partial charge < -0.3 is 10.7 Å². The van der Waals surface area contributed by atoms with Crippen LogP contribution in [0.25, 0.3) is 11.8 Å². The monoisotopic (exact) mass is 454 g/mol. The fourth-order valence-electron chi connectivity index (χ4n) is 3.17. The molecule has 0 atom stereocenters. The number of unbranched alkanes of at least 4 members (excludes halogenated alkanes) is 1. The van der Waals surface area contributed by atoms with Crippen molar-refractivity contribution in [2.45, 2.75) is 47.5 Å². The molecule has 0 spiro atoms. The molecule has 3 N–H and O–H groups in total. The molecule has 0 bridgehead atoms. The van der Waals surface area contributed by atoms with Crippen molar-refractivity contribution in [1.29, 1.82) is 10.8 Å².